The number of nitrogens with zero attached hydrogens (tertiary/aromatic N) is 1. The maximum absolute atomic E-state index is 12.2. The molecule has 1 aliphatic heterocycles. The number of esters is 1. The van der Waals surface area contributed by atoms with Crippen LogP contribution in [0, 0.1) is 0 Å². The molecule has 4 nitrogen and oxygen atoms in total. The lowest BCUT2D eigenvalue weighted by atomic mass is 10.1. The van der Waals surface area contributed by atoms with Crippen LogP contribution in [-0.2, 0) is 4.74 Å². The normalized spacial score (nSPS) is 18.2. The van der Waals surface area contributed by atoms with Crippen LogP contribution in [0.4, 0.5) is 8.78 Å². The highest BCUT2D eigenvalue weighted by Gasteiger charge is 2.24. The molecule has 0 aromatic carbocycles. The zero-order valence-corrected chi connectivity index (χ0v) is 9.85. The molecule has 2 rings (SSSR count). The van der Waals surface area contributed by atoms with E-state index >= 15 is 0 Å². The quantitative estimate of drug-likeness (QED) is 0.777. The number of furan rings is 1. The predicted molar refractivity (Wildman–Crippen MR) is 59.6 cm³/mol. The summed E-state index contributed by atoms with van der Waals surface area (Å²) in [5.41, 5.74) is 0. The number of hydrogen-bond acceptors (Lipinski definition) is 4. The van der Waals surface area contributed by atoms with Gasteiger partial charge in [0.15, 0.2) is 0 Å². The average Bonchev–Trinajstić information content (AvgIpc) is 2.84. The van der Waals surface area contributed by atoms with E-state index < -0.39 is 12.4 Å². The fourth-order valence-electron chi connectivity index (χ4n) is 2.01. The summed E-state index contributed by atoms with van der Waals surface area (Å²) in [7, 11) is 0. The molecule has 1 aromatic heterocycles. The zero-order chi connectivity index (χ0) is 13.0. The van der Waals surface area contributed by atoms with Crippen molar-refractivity contribution < 1.29 is 22.7 Å². The lowest BCUT2D eigenvalue weighted by molar-refractivity contribution is -0.000195. The maximum atomic E-state index is 12.2. The Morgan fingerprint density at radius 3 is 2.78 bits per heavy atom. The van der Waals surface area contributed by atoms with Gasteiger partial charge in [-0.3, -0.25) is 4.90 Å². The van der Waals surface area contributed by atoms with Crippen molar-refractivity contribution in [1.29, 1.82) is 0 Å². The lowest BCUT2D eigenvalue weighted by Gasteiger charge is -2.31. The highest BCUT2D eigenvalue weighted by atomic mass is 19.3. The monoisotopic (exact) mass is 259 g/mol. The molecule has 1 aliphatic rings. The molecule has 6 heteroatoms. The molecule has 0 bridgehead atoms. The van der Waals surface area contributed by atoms with Crippen LogP contribution in [0.2, 0.25) is 0 Å². The summed E-state index contributed by atoms with van der Waals surface area (Å²) >= 11 is 0. The van der Waals surface area contributed by atoms with Crippen molar-refractivity contribution >= 4 is 5.97 Å². The molecule has 100 valence electrons. The van der Waals surface area contributed by atoms with Crippen LogP contribution >= 0.6 is 0 Å². The molecule has 1 fully saturated rings. The van der Waals surface area contributed by atoms with Gasteiger partial charge >= 0.3 is 5.97 Å². The van der Waals surface area contributed by atoms with Gasteiger partial charge in [0.2, 0.25) is 5.76 Å². The Bertz CT molecular complexity index is 373. The fraction of sp³-hybridized carbons (Fsp3) is 0.583. The molecule has 0 spiro atoms. The molecule has 0 N–H and O–H groups in total. The second kappa shape index (κ2) is 5.95. The van der Waals surface area contributed by atoms with E-state index in [-0.39, 0.29) is 18.4 Å². The Balaban J connectivity index is 1.75. The first kappa shape index (κ1) is 13.0. The minimum Gasteiger partial charge on any atom is -0.457 e. The second-order valence-electron chi connectivity index (χ2n) is 4.27. The van der Waals surface area contributed by atoms with Crippen molar-refractivity contribution in [3.05, 3.63) is 24.2 Å². The Kier molecular flexibility index (Phi) is 4.30. The van der Waals surface area contributed by atoms with E-state index in [1.165, 1.54) is 12.3 Å². The van der Waals surface area contributed by atoms with Crippen molar-refractivity contribution in [2.24, 2.45) is 0 Å². The molecule has 18 heavy (non-hydrogen) atoms. The first-order valence-electron chi connectivity index (χ1n) is 5.90. The largest absolute Gasteiger partial charge is 0.457 e. The molecule has 0 radical (unpaired) electrons. The van der Waals surface area contributed by atoms with Gasteiger partial charge in [-0.05, 0) is 25.0 Å². The smallest absolute Gasteiger partial charge is 0.374 e. The third-order valence-corrected chi connectivity index (χ3v) is 2.93. The standard InChI is InChI=1S/C12H15F2NO3/c13-11(14)8-15-5-3-9(4-6-15)18-12(16)10-2-1-7-17-10/h1-2,7,9,11H,3-6,8H2. The SMILES string of the molecule is O=C(OC1CCN(CC(F)F)CC1)c1ccco1. The zero-order valence-electron chi connectivity index (χ0n) is 9.85. The fourth-order valence-corrected chi connectivity index (χ4v) is 2.01. The molecule has 0 amide bonds. The molecule has 0 aliphatic carbocycles. The lowest BCUT2D eigenvalue weighted by Crippen LogP contribution is -2.40. The summed E-state index contributed by atoms with van der Waals surface area (Å²) in [5.74, 6) is -0.322. The Labute approximate surface area is 104 Å². The van der Waals surface area contributed by atoms with Crippen LogP contribution < -0.4 is 0 Å². The summed E-state index contributed by atoms with van der Waals surface area (Å²) < 4.78 is 34.5. The average molecular weight is 259 g/mol. The molecule has 0 atom stereocenters. The molecular formula is C12H15F2NO3. The van der Waals surface area contributed by atoms with Crippen molar-refractivity contribution in [3.8, 4) is 0 Å². The molecule has 2 heterocycles. The molecule has 1 saturated heterocycles. The van der Waals surface area contributed by atoms with Crippen molar-refractivity contribution in [3.63, 3.8) is 0 Å². The van der Waals surface area contributed by atoms with E-state index in [1.807, 2.05) is 0 Å². The van der Waals surface area contributed by atoms with E-state index in [9.17, 15) is 13.6 Å². The molecule has 0 saturated carbocycles. The van der Waals surface area contributed by atoms with E-state index in [0.717, 1.165) is 0 Å². The highest BCUT2D eigenvalue weighted by Crippen LogP contribution is 2.16. The van der Waals surface area contributed by atoms with Gasteiger partial charge in [0.05, 0.1) is 12.8 Å². The number of carbonyl (C=O) groups is 1. The van der Waals surface area contributed by atoms with Gasteiger partial charge in [0.25, 0.3) is 6.43 Å². The summed E-state index contributed by atoms with van der Waals surface area (Å²) in [6.45, 7) is 0.847. The van der Waals surface area contributed by atoms with Gasteiger partial charge in [-0.15, -0.1) is 0 Å². The number of ether oxygens (including phenoxy) is 1. The number of carbonyl (C=O) groups excluding carboxylic acids is 1. The number of likely N-dealkylation sites (tertiary alicyclic amines) is 1. The molecule has 1 aromatic rings. The van der Waals surface area contributed by atoms with Crippen LogP contribution in [0.1, 0.15) is 23.4 Å². The summed E-state index contributed by atoms with van der Waals surface area (Å²) in [4.78, 5) is 13.3. The Morgan fingerprint density at radius 1 is 1.50 bits per heavy atom. The summed E-state index contributed by atoms with van der Waals surface area (Å²) in [6, 6.07) is 3.15. The first-order valence-corrected chi connectivity index (χ1v) is 5.90. The van der Waals surface area contributed by atoms with Crippen molar-refractivity contribution in [1.82, 2.24) is 4.90 Å². The molecule has 0 unspecified atom stereocenters. The van der Waals surface area contributed by atoms with Crippen molar-refractivity contribution in [2.75, 3.05) is 19.6 Å². The minimum absolute atomic E-state index is 0.171. The number of piperidine rings is 1. The van der Waals surface area contributed by atoms with Crippen LogP contribution in [0.15, 0.2) is 22.8 Å². The van der Waals surface area contributed by atoms with Crippen LogP contribution in [0.5, 0.6) is 0 Å². The number of hydrogen-bond donors (Lipinski definition) is 0. The second-order valence-corrected chi connectivity index (χ2v) is 4.27. The minimum atomic E-state index is -2.31. The van der Waals surface area contributed by atoms with Crippen LogP contribution in [0.3, 0.4) is 0 Å². The van der Waals surface area contributed by atoms with E-state index in [2.05, 4.69) is 0 Å². The molecular weight excluding hydrogens is 244 g/mol. The first-order chi connectivity index (χ1) is 8.65. The Morgan fingerprint density at radius 2 is 2.22 bits per heavy atom. The maximum Gasteiger partial charge on any atom is 0.374 e. The third kappa shape index (κ3) is 3.53. The van der Waals surface area contributed by atoms with Gasteiger partial charge in [-0.1, -0.05) is 0 Å². The van der Waals surface area contributed by atoms with Crippen LogP contribution in [0.25, 0.3) is 0 Å². The highest BCUT2D eigenvalue weighted by molar-refractivity contribution is 5.86. The number of halogens is 2. The van der Waals surface area contributed by atoms with E-state index in [0.29, 0.717) is 25.9 Å². The topological polar surface area (TPSA) is 42.7 Å². The summed E-state index contributed by atoms with van der Waals surface area (Å²) in [6.07, 6.45) is 0.0453. The van der Waals surface area contributed by atoms with Crippen LogP contribution in [-0.4, -0.2) is 43.0 Å². The van der Waals surface area contributed by atoms with Gasteiger partial charge in [0.1, 0.15) is 6.10 Å². The van der Waals surface area contributed by atoms with Gasteiger partial charge in [-0.2, -0.15) is 0 Å². The summed E-state index contributed by atoms with van der Waals surface area (Å²) in [5, 5.41) is 0. The number of rotatable bonds is 4. The van der Waals surface area contributed by atoms with Gasteiger partial charge in [0, 0.05) is 13.1 Å². The third-order valence-electron chi connectivity index (χ3n) is 2.93. The Hall–Kier alpha value is -1.43. The van der Waals surface area contributed by atoms with Crippen molar-refractivity contribution in [2.45, 2.75) is 25.4 Å². The predicted octanol–water partition coefficient (Wildman–Crippen LogP) is 2.17. The number of alkyl halides is 2. The van der Waals surface area contributed by atoms with E-state index in [1.54, 1.807) is 11.0 Å². The van der Waals surface area contributed by atoms with Gasteiger partial charge < -0.3 is 9.15 Å². The van der Waals surface area contributed by atoms with Gasteiger partial charge in [-0.25, -0.2) is 13.6 Å². The van der Waals surface area contributed by atoms with E-state index in [4.69, 9.17) is 9.15 Å².